The van der Waals surface area contributed by atoms with Crippen molar-refractivity contribution in [2.24, 2.45) is 0 Å². The number of ether oxygens (including phenoxy) is 2. The van der Waals surface area contributed by atoms with Crippen molar-refractivity contribution < 1.29 is 32.2 Å². The Balaban J connectivity index is 1.70. The van der Waals surface area contributed by atoms with Gasteiger partial charge in [0, 0.05) is 24.4 Å². The Morgan fingerprint density at radius 3 is 2.26 bits per heavy atom. The average Bonchev–Trinajstić information content (AvgIpc) is 2.95. The van der Waals surface area contributed by atoms with Gasteiger partial charge < -0.3 is 14.8 Å². The van der Waals surface area contributed by atoms with Gasteiger partial charge in [0.25, 0.3) is 0 Å². The molecule has 1 aliphatic heterocycles. The molecule has 1 aliphatic rings. The number of anilines is 1. The lowest BCUT2D eigenvalue weighted by Crippen LogP contribution is -2.35. The van der Waals surface area contributed by atoms with Gasteiger partial charge in [0.15, 0.2) is 0 Å². The third-order valence-corrected chi connectivity index (χ3v) is 6.70. The molecule has 1 N–H and O–H groups in total. The van der Waals surface area contributed by atoms with Gasteiger partial charge in [0.1, 0.15) is 6.61 Å². The van der Waals surface area contributed by atoms with Crippen molar-refractivity contribution in [2.75, 3.05) is 11.9 Å². The van der Waals surface area contributed by atoms with Crippen LogP contribution in [0.5, 0.6) is 0 Å². The lowest BCUT2D eigenvalue weighted by molar-refractivity contribution is -0.167. The first-order valence-corrected chi connectivity index (χ1v) is 12.9. The summed E-state index contributed by atoms with van der Waals surface area (Å²) < 4.78 is 51.1. The number of carbonyl (C=O) groups is 2. The first-order chi connectivity index (χ1) is 18.7. The van der Waals surface area contributed by atoms with Crippen LogP contribution in [0.4, 0.5) is 23.7 Å². The molecule has 2 atom stereocenters. The van der Waals surface area contributed by atoms with E-state index in [1.807, 2.05) is 66.0 Å². The van der Waals surface area contributed by atoms with Gasteiger partial charge in [-0.1, -0.05) is 72.8 Å². The van der Waals surface area contributed by atoms with E-state index in [1.165, 1.54) is 11.0 Å². The Kier molecular flexibility index (Phi) is 9.24. The summed E-state index contributed by atoms with van der Waals surface area (Å²) in [6, 6.07) is 22.8. The van der Waals surface area contributed by atoms with Gasteiger partial charge in [-0.05, 0) is 48.9 Å². The molecule has 1 saturated heterocycles. The van der Waals surface area contributed by atoms with Crippen LogP contribution in [0.2, 0.25) is 0 Å². The molecule has 0 saturated carbocycles. The molecule has 1 fully saturated rings. The number of nitrogens with one attached hydrogen (secondary N) is 1. The number of hydrogen-bond acceptors (Lipinski definition) is 4. The SMILES string of the molecule is C[C@H](c1cccc(NC(=O)C(F)(F)F)c1C1CCCCO1)N(Cc1ccccc1)C(=O)OCc1ccccc1. The van der Waals surface area contributed by atoms with Crippen molar-refractivity contribution in [1.29, 1.82) is 0 Å². The number of benzene rings is 3. The number of amides is 2. The molecular formula is C30H31F3N2O4. The number of carbonyl (C=O) groups excluding carboxylic acids is 2. The second-order valence-corrected chi connectivity index (χ2v) is 9.45. The molecule has 1 unspecified atom stereocenters. The molecule has 0 aliphatic carbocycles. The highest BCUT2D eigenvalue weighted by molar-refractivity contribution is 5.95. The Bertz CT molecular complexity index is 1250. The Morgan fingerprint density at radius 1 is 0.974 bits per heavy atom. The van der Waals surface area contributed by atoms with Crippen molar-refractivity contribution in [3.8, 4) is 0 Å². The minimum Gasteiger partial charge on any atom is -0.445 e. The number of halogens is 3. The van der Waals surface area contributed by atoms with E-state index in [4.69, 9.17) is 9.47 Å². The van der Waals surface area contributed by atoms with Crippen LogP contribution >= 0.6 is 0 Å². The summed E-state index contributed by atoms with van der Waals surface area (Å²) in [5.74, 6) is -2.06. The minimum absolute atomic E-state index is 0.0193. The molecular weight excluding hydrogens is 509 g/mol. The number of alkyl halides is 3. The fourth-order valence-electron chi connectivity index (χ4n) is 4.69. The number of hydrogen-bond donors (Lipinski definition) is 1. The summed E-state index contributed by atoms with van der Waals surface area (Å²) in [7, 11) is 0. The normalized spacial score (nSPS) is 16.3. The van der Waals surface area contributed by atoms with Gasteiger partial charge in [-0.2, -0.15) is 13.2 Å². The smallest absolute Gasteiger partial charge is 0.445 e. The first-order valence-electron chi connectivity index (χ1n) is 12.9. The fourth-order valence-corrected chi connectivity index (χ4v) is 4.69. The summed E-state index contributed by atoms with van der Waals surface area (Å²) in [5, 5.41) is 2.03. The summed E-state index contributed by atoms with van der Waals surface area (Å²) in [6.07, 6.45) is -3.91. The molecule has 39 heavy (non-hydrogen) atoms. The molecule has 206 valence electrons. The van der Waals surface area contributed by atoms with Gasteiger partial charge in [0.05, 0.1) is 12.1 Å². The molecule has 0 aromatic heterocycles. The summed E-state index contributed by atoms with van der Waals surface area (Å²) in [6.45, 7) is 2.52. The van der Waals surface area contributed by atoms with Crippen LogP contribution in [-0.2, 0) is 27.4 Å². The van der Waals surface area contributed by atoms with E-state index in [9.17, 15) is 22.8 Å². The zero-order valence-electron chi connectivity index (χ0n) is 21.6. The second-order valence-electron chi connectivity index (χ2n) is 9.45. The van der Waals surface area contributed by atoms with Gasteiger partial charge in [-0.15, -0.1) is 0 Å². The molecule has 0 spiro atoms. The molecule has 6 nitrogen and oxygen atoms in total. The monoisotopic (exact) mass is 540 g/mol. The third kappa shape index (κ3) is 7.38. The molecule has 1 heterocycles. The molecule has 3 aromatic rings. The van der Waals surface area contributed by atoms with Crippen molar-refractivity contribution in [3.05, 3.63) is 101 Å². The lowest BCUT2D eigenvalue weighted by atomic mass is 9.91. The van der Waals surface area contributed by atoms with Gasteiger partial charge in [0.2, 0.25) is 0 Å². The second kappa shape index (κ2) is 12.8. The maximum atomic E-state index is 13.5. The standard InChI is InChI=1S/C30H31F3N2O4/c1-21(35(19-22-11-4-2-5-12-22)29(37)39-20-23-13-6-3-7-14-23)24-15-10-16-25(34-28(36)30(31,32)33)27(24)26-17-8-9-18-38-26/h2-7,10-16,21,26H,8-9,17-20H2,1H3,(H,34,36)/t21-,26?/m1/s1. The van der Waals surface area contributed by atoms with Crippen molar-refractivity contribution in [2.45, 2.75) is 57.7 Å². The third-order valence-electron chi connectivity index (χ3n) is 6.70. The Hall–Kier alpha value is -3.85. The van der Waals surface area contributed by atoms with Gasteiger partial charge in [-0.25, -0.2) is 4.79 Å². The number of nitrogens with zero attached hydrogens (tertiary/aromatic N) is 1. The average molecular weight is 541 g/mol. The van der Waals surface area contributed by atoms with Crippen LogP contribution in [0.25, 0.3) is 0 Å². The quantitative estimate of drug-likeness (QED) is 0.325. The highest BCUT2D eigenvalue weighted by atomic mass is 19.4. The maximum absolute atomic E-state index is 13.5. The molecule has 4 rings (SSSR count). The van der Waals surface area contributed by atoms with Crippen molar-refractivity contribution in [3.63, 3.8) is 0 Å². The van der Waals surface area contributed by atoms with Gasteiger partial charge in [-0.3, -0.25) is 9.69 Å². The summed E-state index contributed by atoms with van der Waals surface area (Å²) in [4.78, 5) is 26.9. The van der Waals surface area contributed by atoms with Crippen molar-refractivity contribution >= 4 is 17.7 Å². The molecule has 9 heteroatoms. The van der Waals surface area contributed by atoms with E-state index < -0.39 is 30.3 Å². The molecule has 0 bridgehead atoms. The highest BCUT2D eigenvalue weighted by Crippen LogP contribution is 2.40. The zero-order valence-corrected chi connectivity index (χ0v) is 21.6. The van der Waals surface area contributed by atoms with Crippen molar-refractivity contribution in [1.82, 2.24) is 4.90 Å². The summed E-state index contributed by atoms with van der Waals surface area (Å²) in [5.41, 5.74) is 2.72. The minimum atomic E-state index is -5.05. The fraction of sp³-hybridized carbons (Fsp3) is 0.333. The van der Waals surface area contributed by atoms with E-state index in [2.05, 4.69) is 0 Å². The lowest BCUT2D eigenvalue weighted by Gasteiger charge is -2.34. The number of rotatable bonds is 8. The Labute approximate surface area is 225 Å². The Morgan fingerprint density at radius 2 is 1.64 bits per heavy atom. The van der Waals surface area contributed by atoms with E-state index in [1.54, 1.807) is 19.1 Å². The summed E-state index contributed by atoms with van der Waals surface area (Å²) >= 11 is 0. The predicted molar refractivity (Wildman–Crippen MR) is 141 cm³/mol. The van der Waals surface area contributed by atoms with Gasteiger partial charge >= 0.3 is 18.2 Å². The van der Waals surface area contributed by atoms with E-state index in [0.717, 1.165) is 24.0 Å². The predicted octanol–water partition coefficient (Wildman–Crippen LogP) is 7.33. The van der Waals surface area contributed by atoms with Crippen LogP contribution in [0.15, 0.2) is 78.9 Å². The topological polar surface area (TPSA) is 67.9 Å². The highest BCUT2D eigenvalue weighted by Gasteiger charge is 2.40. The van der Waals surface area contributed by atoms with E-state index in [-0.39, 0.29) is 18.8 Å². The van der Waals surface area contributed by atoms with Crippen LogP contribution in [-0.4, -0.2) is 29.7 Å². The van der Waals surface area contributed by atoms with Crippen LogP contribution in [0.3, 0.4) is 0 Å². The zero-order chi connectivity index (χ0) is 27.8. The maximum Gasteiger partial charge on any atom is 0.471 e. The van der Waals surface area contributed by atoms with E-state index in [0.29, 0.717) is 24.2 Å². The molecule has 2 amide bonds. The van der Waals surface area contributed by atoms with Crippen LogP contribution < -0.4 is 5.32 Å². The largest absolute Gasteiger partial charge is 0.471 e. The van der Waals surface area contributed by atoms with E-state index >= 15 is 0 Å². The first kappa shape index (κ1) is 28.2. The van der Waals surface area contributed by atoms with Crippen LogP contribution in [0, 0.1) is 0 Å². The van der Waals surface area contributed by atoms with Crippen LogP contribution in [0.1, 0.15) is 60.6 Å². The molecule has 0 radical (unpaired) electrons. The molecule has 3 aromatic carbocycles.